The first-order valence-electron chi connectivity index (χ1n) is 5.73. The lowest BCUT2D eigenvalue weighted by Gasteiger charge is -2.10. The second-order valence-corrected chi connectivity index (χ2v) is 5.74. The fraction of sp³-hybridized carbons (Fsp3) is 0.0833. The van der Waals surface area contributed by atoms with Crippen LogP contribution in [0.1, 0.15) is 16.1 Å². The third-order valence-corrected chi connectivity index (χ3v) is 3.76. The van der Waals surface area contributed by atoms with Crippen LogP contribution in [0.15, 0.2) is 52.0 Å². The molecule has 0 radical (unpaired) electrons. The van der Waals surface area contributed by atoms with E-state index in [1.54, 1.807) is 4.83 Å². The summed E-state index contributed by atoms with van der Waals surface area (Å²) in [5.41, 5.74) is 0.712. The molecule has 6 nitrogen and oxygen atoms in total. The molecule has 0 saturated carbocycles. The molecule has 0 bridgehead atoms. The van der Waals surface area contributed by atoms with E-state index in [-0.39, 0.29) is 5.76 Å². The zero-order chi connectivity index (χ0) is 16.4. The zero-order valence-electron chi connectivity index (χ0n) is 10.7. The molecule has 10 heteroatoms. The Morgan fingerprint density at radius 3 is 2.45 bits per heavy atom. The Morgan fingerprint density at radius 2 is 1.86 bits per heavy atom. The van der Waals surface area contributed by atoms with Crippen LogP contribution >= 0.6 is 0 Å². The highest BCUT2D eigenvalue weighted by Crippen LogP contribution is 2.30. The van der Waals surface area contributed by atoms with Crippen molar-refractivity contribution >= 4 is 15.9 Å². The van der Waals surface area contributed by atoms with Crippen molar-refractivity contribution in [1.29, 1.82) is 0 Å². The lowest BCUT2D eigenvalue weighted by atomic mass is 10.2. The Bertz CT molecular complexity index is 770. The molecule has 0 aliphatic rings. The smallest absolute Gasteiger partial charge is 0.416 e. The summed E-state index contributed by atoms with van der Waals surface area (Å²) in [5.74, 6) is -1.05. The molecule has 0 aliphatic heterocycles. The summed E-state index contributed by atoms with van der Waals surface area (Å²) >= 11 is 0. The molecule has 1 aromatic carbocycles. The van der Waals surface area contributed by atoms with Gasteiger partial charge in [-0.25, -0.2) is 8.42 Å². The summed E-state index contributed by atoms with van der Waals surface area (Å²) in [6.07, 6.45) is -3.47. The van der Waals surface area contributed by atoms with E-state index < -0.39 is 32.6 Å². The number of rotatable bonds is 4. The zero-order valence-corrected chi connectivity index (χ0v) is 11.5. The Kier molecular flexibility index (Phi) is 4.24. The third-order valence-electron chi connectivity index (χ3n) is 2.52. The second-order valence-electron chi connectivity index (χ2n) is 4.06. The molecule has 1 heterocycles. The van der Waals surface area contributed by atoms with E-state index in [1.165, 1.54) is 18.4 Å². The minimum Gasteiger partial charge on any atom is -0.459 e. The third kappa shape index (κ3) is 3.65. The van der Waals surface area contributed by atoms with Gasteiger partial charge in [-0.3, -0.25) is 10.2 Å². The Morgan fingerprint density at radius 1 is 1.14 bits per heavy atom. The fourth-order valence-corrected chi connectivity index (χ4v) is 2.37. The van der Waals surface area contributed by atoms with E-state index in [4.69, 9.17) is 4.42 Å². The van der Waals surface area contributed by atoms with E-state index in [1.807, 2.05) is 5.43 Å². The van der Waals surface area contributed by atoms with E-state index in [2.05, 4.69) is 0 Å². The number of hydrazine groups is 1. The van der Waals surface area contributed by atoms with Gasteiger partial charge in [-0.2, -0.15) is 13.2 Å². The van der Waals surface area contributed by atoms with Crippen molar-refractivity contribution in [3.63, 3.8) is 0 Å². The monoisotopic (exact) mass is 334 g/mol. The molecule has 118 valence electrons. The number of furan rings is 1. The lowest BCUT2D eigenvalue weighted by molar-refractivity contribution is -0.137. The number of amides is 1. The minimum atomic E-state index is -4.68. The topological polar surface area (TPSA) is 88.4 Å². The van der Waals surface area contributed by atoms with Gasteiger partial charge in [0.25, 0.3) is 10.0 Å². The quantitative estimate of drug-likeness (QED) is 0.836. The van der Waals surface area contributed by atoms with Crippen molar-refractivity contribution in [1.82, 2.24) is 10.3 Å². The molecule has 0 aliphatic carbocycles. The molecular formula is C12H9F3N2O4S. The van der Waals surface area contributed by atoms with Crippen LogP contribution in [0, 0.1) is 0 Å². The SMILES string of the molecule is O=C(NNS(=O)(=O)c1cccc(C(F)(F)F)c1)c1ccco1. The Labute approximate surface area is 123 Å². The van der Waals surface area contributed by atoms with Gasteiger partial charge in [0.2, 0.25) is 0 Å². The lowest BCUT2D eigenvalue weighted by Crippen LogP contribution is -2.41. The number of hydrogen-bond acceptors (Lipinski definition) is 4. The second kappa shape index (κ2) is 5.81. The molecule has 0 atom stereocenters. The first-order valence-corrected chi connectivity index (χ1v) is 7.21. The fourth-order valence-electron chi connectivity index (χ4n) is 1.48. The number of sulfonamides is 1. The summed E-state index contributed by atoms with van der Waals surface area (Å²) in [6, 6.07) is 5.81. The summed E-state index contributed by atoms with van der Waals surface area (Å²) in [5, 5.41) is 0. The number of nitrogens with one attached hydrogen (secondary N) is 2. The molecule has 0 fully saturated rings. The predicted molar refractivity (Wildman–Crippen MR) is 67.9 cm³/mol. The van der Waals surface area contributed by atoms with Crippen LogP contribution in [0.4, 0.5) is 13.2 Å². The van der Waals surface area contributed by atoms with Crippen LogP contribution in [0.5, 0.6) is 0 Å². The first kappa shape index (κ1) is 16.0. The van der Waals surface area contributed by atoms with Crippen LogP contribution in [-0.4, -0.2) is 14.3 Å². The van der Waals surface area contributed by atoms with Gasteiger partial charge in [0.1, 0.15) is 0 Å². The Hall–Kier alpha value is -2.33. The standard InChI is InChI=1S/C12H9F3N2O4S/c13-12(14,15)8-3-1-4-9(7-8)22(19,20)17-16-11(18)10-5-2-6-21-10/h1-7,17H,(H,16,18). The van der Waals surface area contributed by atoms with Crippen LogP contribution in [-0.2, 0) is 16.2 Å². The largest absolute Gasteiger partial charge is 0.459 e. The van der Waals surface area contributed by atoms with Crippen molar-refractivity contribution < 1.29 is 30.8 Å². The predicted octanol–water partition coefficient (Wildman–Crippen LogP) is 1.92. The summed E-state index contributed by atoms with van der Waals surface area (Å²) < 4.78 is 66.1. The highest BCUT2D eigenvalue weighted by atomic mass is 32.2. The van der Waals surface area contributed by atoms with Gasteiger partial charge in [-0.1, -0.05) is 6.07 Å². The van der Waals surface area contributed by atoms with Gasteiger partial charge in [0.15, 0.2) is 5.76 Å². The summed E-state index contributed by atoms with van der Waals surface area (Å²) in [6.45, 7) is 0. The highest BCUT2D eigenvalue weighted by molar-refractivity contribution is 7.89. The number of carbonyl (C=O) groups is 1. The Balaban J connectivity index is 2.15. The van der Waals surface area contributed by atoms with Crippen molar-refractivity contribution in [3.8, 4) is 0 Å². The molecular weight excluding hydrogens is 325 g/mol. The van der Waals surface area contributed by atoms with Gasteiger partial charge in [-0.15, -0.1) is 4.83 Å². The van der Waals surface area contributed by atoms with Crippen LogP contribution in [0.3, 0.4) is 0 Å². The highest BCUT2D eigenvalue weighted by Gasteiger charge is 2.31. The van der Waals surface area contributed by atoms with Crippen molar-refractivity contribution in [2.75, 3.05) is 0 Å². The average molecular weight is 334 g/mol. The van der Waals surface area contributed by atoms with Gasteiger partial charge < -0.3 is 4.42 Å². The van der Waals surface area contributed by atoms with Gasteiger partial charge in [-0.05, 0) is 30.3 Å². The summed E-state index contributed by atoms with van der Waals surface area (Å²) in [4.78, 5) is 12.5. The molecule has 1 aromatic heterocycles. The number of alkyl halides is 3. The molecule has 22 heavy (non-hydrogen) atoms. The number of carbonyl (C=O) groups excluding carboxylic acids is 1. The maximum atomic E-state index is 12.6. The van der Waals surface area contributed by atoms with E-state index in [9.17, 15) is 26.4 Å². The van der Waals surface area contributed by atoms with E-state index in [0.29, 0.717) is 6.07 Å². The average Bonchev–Trinajstić information content (AvgIpc) is 2.98. The van der Waals surface area contributed by atoms with E-state index >= 15 is 0 Å². The molecule has 0 unspecified atom stereocenters. The van der Waals surface area contributed by atoms with Crippen LogP contribution < -0.4 is 10.3 Å². The maximum Gasteiger partial charge on any atom is 0.416 e. The first-order chi connectivity index (χ1) is 10.2. The van der Waals surface area contributed by atoms with Gasteiger partial charge in [0.05, 0.1) is 16.7 Å². The normalized spacial score (nSPS) is 12.1. The van der Waals surface area contributed by atoms with Crippen molar-refractivity contribution in [2.45, 2.75) is 11.1 Å². The summed E-state index contributed by atoms with van der Waals surface area (Å²) in [7, 11) is -4.35. The van der Waals surface area contributed by atoms with Crippen molar-refractivity contribution in [3.05, 3.63) is 54.0 Å². The van der Waals surface area contributed by atoms with Crippen LogP contribution in [0.2, 0.25) is 0 Å². The molecule has 0 spiro atoms. The number of benzene rings is 1. The van der Waals surface area contributed by atoms with Gasteiger partial charge >= 0.3 is 12.1 Å². The molecule has 2 N–H and O–H groups in total. The van der Waals surface area contributed by atoms with Gasteiger partial charge in [0, 0.05) is 0 Å². The molecule has 2 aromatic rings. The number of hydrogen-bond donors (Lipinski definition) is 2. The number of halogens is 3. The maximum absolute atomic E-state index is 12.6. The van der Waals surface area contributed by atoms with Crippen molar-refractivity contribution in [2.24, 2.45) is 0 Å². The van der Waals surface area contributed by atoms with Crippen LogP contribution in [0.25, 0.3) is 0 Å². The molecule has 0 saturated heterocycles. The van der Waals surface area contributed by atoms with E-state index in [0.717, 1.165) is 18.2 Å². The molecule has 2 rings (SSSR count). The minimum absolute atomic E-state index is 0.160. The molecule has 1 amide bonds.